The van der Waals surface area contributed by atoms with Gasteiger partial charge in [0.1, 0.15) is 0 Å². The summed E-state index contributed by atoms with van der Waals surface area (Å²) in [6.45, 7) is 6.11. The first-order chi connectivity index (χ1) is 8.49. The summed E-state index contributed by atoms with van der Waals surface area (Å²) in [6, 6.07) is 5.81. The minimum absolute atomic E-state index is 0.0585. The standard InChI is InChI=1S/C13H15BClNO2/c1-8-13(2,3)18-14(17-8)10-4-5-11(15)9-6-7-16-12(9)10/h4-8,16H,1-3H3. The van der Waals surface area contributed by atoms with Gasteiger partial charge >= 0.3 is 7.12 Å². The summed E-state index contributed by atoms with van der Waals surface area (Å²) in [5.41, 5.74) is 1.71. The highest BCUT2D eigenvalue weighted by atomic mass is 35.5. The molecule has 18 heavy (non-hydrogen) atoms. The van der Waals surface area contributed by atoms with E-state index in [0.717, 1.165) is 21.4 Å². The summed E-state index contributed by atoms with van der Waals surface area (Å²) < 4.78 is 11.9. The van der Waals surface area contributed by atoms with Crippen molar-refractivity contribution in [3.63, 3.8) is 0 Å². The molecule has 0 amide bonds. The normalized spacial score (nSPS) is 22.9. The Morgan fingerprint density at radius 2 is 2.11 bits per heavy atom. The predicted octanol–water partition coefficient (Wildman–Crippen LogP) is 2.73. The fourth-order valence-electron chi connectivity index (χ4n) is 2.23. The number of rotatable bonds is 1. The van der Waals surface area contributed by atoms with Gasteiger partial charge in [0, 0.05) is 27.6 Å². The highest BCUT2D eigenvalue weighted by Crippen LogP contribution is 2.29. The molecule has 0 aliphatic carbocycles. The number of H-pyrrole nitrogens is 1. The zero-order valence-electron chi connectivity index (χ0n) is 10.7. The molecule has 2 aromatic rings. The molecule has 1 N–H and O–H groups in total. The van der Waals surface area contributed by atoms with E-state index in [2.05, 4.69) is 4.98 Å². The number of halogens is 1. The van der Waals surface area contributed by atoms with Gasteiger partial charge in [0.25, 0.3) is 0 Å². The Kier molecular flexibility index (Phi) is 2.70. The summed E-state index contributed by atoms with van der Waals surface area (Å²) >= 11 is 6.16. The van der Waals surface area contributed by atoms with Crippen LogP contribution in [0.2, 0.25) is 5.02 Å². The van der Waals surface area contributed by atoms with Gasteiger partial charge in [-0.15, -0.1) is 0 Å². The molecule has 2 heterocycles. The maximum absolute atomic E-state index is 6.16. The molecule has 3 rings (SSSR count). The molecule has 5 heteroatoms. The van der Waals surface area contributed by atoms with Crippen LogP contribution in [0, 0.1) is 0 Å². The molecule has 3 nitrogen and oxygen atoms in total. The molecule has 0 radical (unpaired) electrons. The summed E-state index contributed by atoms with van der Waals surface area (Å²) in [6.07, 6.45) is 1.94. The third-order valence-corrected chi connectivity index (χ3v) is 4.00. The van der Waals surface area contributed by atoms with Crippen LogP contribution < -0.4 is 5.46 Å². The topological polar surface area (TPSA) is 34.2 Å². The first-order valence-electron chi connectivity index (χ1n) is 6.08. The molecule has 1 aromatic carbocycles. The summed E-state index contributed by atoms with van der Waals surface area (Å²) in [5, 5.41) is 1.74. The first kappa shape index (κ1) is 12.1. The summed E-state index contributed by atoms with van der Waals surface area (Å²) in [5.74, 6) is 0. The van der Waals surface area contributed by atoms with Crippen LogP contribution in [-0.2, 0) is 9.31 Å². The Morgan fingerprint density at radius 1 is 1.33 bits per heavy atom. The van der Waals surface area contributed by atoms with Crippen LogP contribution in [0.15, 0.2) is 24.4 Å². The molecule has 1 aliphatic heterocycles. The van der Waals surface area contributed by atoms with E-state index in [1.807, 2.05) is 45.2 Å². The minimum Gasteiger partial charge on any atom is -0.402 e. The average molecular weight is 264 g/mol. The lowest BCUT2D eigenvalue weighted by atomic mass is 9.78. The fraction of sp³-hybridized carbons (Fsp3) is 0.385. The molecule has 94 valence electrons. The van der Waals surface area contributed by atoms with E-state index in [-0.39, 0.29) is 18.8 Å². The Labute approximate surface area is 112 Å². The minimum atomic E-state index is -0.339. The summed E-state index contributed by atoms with van der Waals surface area (Å²) in [4.78, 5) is 3.20. The van der Waals surface area contributed by atoms with E-state index in [1.165, 1.54) is 0 Å². The number of hydrogen-bond donors (Lipinski definition) is 1. The fourth-order valence-corrected chi connectivity index (χ4v) is 2.45. The highest BCUT2D eigenvalue weighted by Gasteiger charge is 2.44. The van der Waals surface area contributed by atoms with Gasteiger partial charge in [-0.3, -0.25) is 0 Å². The van der Waals surface area contributed by atoms with Crippen LogP contribution in [0.4, 0.5) is 0 Å². The van der Waals surface area contributed by atoms with Gasteiger partial charge < -0.3 is 14.3 Å². The number of fused-ring (bicyclic) bond motifs is 1. The van der Waals surface area contributed by atoms with Gasteiger partial charge in [0.2, 0.25) is 0 Å². The second kappa shape index (κ2) is 4.02. The molecule has 0 bridgehead atoms. The Bertz CT molecular complexity index is 596. The average Bonchev–Trinajstić information content (AvgIpc) is 2.86. The van der Waals surface area contributed by atoms with Crippen molar-refractivity contribution in [3.05, 3.63) is 29.4 Å². The molecule has 1 atom stereocenters. The molecule has 1 unspecified atom stereocenters. The third-order valence-electron chi connectivity index (χ3n) is 3.67. The van der Waals surface area contributed by atoms with Crippen molar-refractivity contribution >= 4 is 35.1 Å². The molecular weight excluding hydrogens is 248 g/mol. The SMILES string of the molecule is CC1OB(c2ccc(Cl)c3cc[nH]c23)OC1(C)C. The van der Waals surface area contributed by atoms with Gasteiger partial charge in [-0.1, -0.05) is 17.7 Å². The van der Waals surface area contributed by atoms with Crippen LogP contribution in [0.25, 0.3) is 10.9 Å². The Hall–Kier alpha value is -0.965. The second-order valence-corrected chi connectivity index (χ2v) is 5.64. The van der Waals surface area contributed by atoms with Crippen molar-refractivity contribution in [1.29, 1.82) is 0 Å². The summed E-state index contributed by atoms with van der Waals surface area (Å²) in [7, 11) is -0.339. The highest BCUT2D eigenvalue weighted by molar-refractivity contribution is 6.65. The monoisotopic (exact) mass is 263 g/mol. The number of aromatic nitrogens is 1. The number of aromatic amines is 1. The van der Waals surface area contributed by atoms with Crippen LogP contribution in [0.1, 0.15) is 20.8 Å². The van der Waals surface area contributed by atoms with Crippen molar-refractivity contribution in [2.45, 2.75) is 32.5 Å². The van der Waals surface area contributed by atoms with Crippen LogP contribution in [-0.4, -0.2) is 23.8 Å². The Morgan fingerprint density at radius 3 is 2.78 bits per heavy atom. The van der Waals surface area contributed by atoms with E-state index < -0.39 is 0 Å². The van der Waals surface area contributed by atoms with E-state index in [4.69, 9.17) is 20.9 Å². The largest absolute Gasteiger partial charge is 0.496 e. The molecule has 0 saturated carbocycles. The molecular formula is C13H15BClNO2. The van der Waals surface area contributed by atoms with E-state index in [9.17, 15) is 0 Å². The molecule has 1 aliphatic rings. The van der Waals surface area contributed by atoms with Crippen molar-refractivity contribution in [3.8, 4) is 0 Å². The van der Waals surface area contributed by atoms with Gasteiger partial charge in [-0.25, -0.2) is 0 Å². The maximum atomic E-state index is 6.16. The van der Waals surface area contributed by atoms with Crippen molar-refractivity contribution in [2.75, 3.05) is 0 Å². The maximum Gasteiger partial charge on any atom is 0.496 e. The molecule has 0 spiro atoms. The van der Waals surface area contributed by atoms with Gasteiger partial charge in [-0.2, -0.15) is 0 Å². The van der Waals surface area contributed by atoms with Gasteiger partial charge in [-0.05, 0) is 32.9 Å². The lowest BCUT2D eigenvalue weighted by molar-refractivity contribution is 0.0842. The number of benzene rings is 1. The number of hydrogen-bond acceptors (Lipinski definition) is 2. The molecule has 1 fully saturated rings. The molecule has 1 aromatic heterocycles. The number of nitrogens with one attached hydrogen (secondary N) is 1. The van der Waals surface area contributed by atoms with Crippen LogP contribution in [0.3, 0.4) is 0 Å². The third kappa shape index (κ3) is 1.76. The zero-order valence-corrected chi connectivity index (χ0v) is 11.4. The quantitative estimate of drug-likeness (QED) is 0.803. The molecule has 1 saturated heterocycles. The van der Waals surface area contributed by atoms with Crippen molar-refractivity contribution < 1.29 is 9.31 Å². The van der Waals surface area contributed by atoms with Crippen molar-refractivity contribution in [2.24, 2.45) is 0 Å². The van der Waals surface area contributed by atoms with Crippen LogP contribution >= 0.6 is 11.6 Å². The lowest BCUT2D eigenvalue weighted by Gasteiger charge is -2.21. The zero-order chi connectivity index (χ0) is 12.9. The van der Waals surface area contributed by atoms with E-state index in [1.54, 1.807) is 0 Å². The van der Waals surface area contributed by atoms with Crippen LogP contribution in [0.5, 0.6) is 0 Å². The lowest BCUT2D eigenvalue weighted by Crippen LogP contribution is -2.35. The first-order valence-corrected chi connectivity index (χ1v) is 6.45. The van der Waals surface area contributed by atoms with E-state index in [0.29, 0.717) is 0 Å². The van der Waals surface area contributed by atoms with Gasteiger partial charge in [0.15, 0.2) is 0 Å². The Balaban J connectivity index is 2.06. The van der Waals surface area contributed by atoms with Gasteiger partial charge in [0.05, 0.1) is 11.7 Å². The second-order valence-electron chi connectivity index (χ2n) is 5.23. The van der Waals surface area contributed by atoms with E-state index >= 15 is 0 Å². The van der Waals surface area contributed by atoms with Crippen molar-refractivity contribution in [1.82, 2.24) is 4.98 Å². The predicted molar refractivity (Wildman–Crippen MR) is 74.4 cm³/mol. The smallest absolute Gasteiger partial charge is 0.402 e.